The van der Waals surface area contributed by atoms with E-state index in [1.54, 1.807) is 0 Å². The summed E-state index contributed by atoms with van der Waals surface area (Å²) in [5, 5.41) is 2.50. The number of rotatable bonds is 2. The zero-order valence-electron chi connectivity index (χ0n) is 9.63. The quantitative estimate of drug-likeness (QED) is 0.729. The molecule has 1 aliphatic heterocycles. The second-order valence-electron chi connectivity index (χ2n) is 5.27. The molecule has 2 fully saturated rings. The van der Waals surface area contributed by atoms with E-state index in [0.717, 1.165) is 17.9 Å². The second kappa shape index (κ2) is 4.63. The minimum Gasteiger partial charge on any atom is -0.255 e. The van der Waals surface area contributed by atoms with Gasteiger partial charge in [0.25, 0.3) is 0 Å². The van der Waals surface area contributed by atoms with Gasteiger partial charge in [-0.2, -0.15) is 0 Å². The van der Waals surface area contributed by atoms with Gasteiger partial charge in [-0.15, -0.1) is 0 Å². The first kappa shape index (κ1) is 10.4. The number of hydrazine groups is 1. The van der Waals surface area contributed by atoms with Gasteiger partial charge < -0.3 is 0 Å². The van der Waals surface area contributed by atoms with E-state index in [2.05, 4.69) is 24.3 Å². The van der Waals surface area contributed by atoms with Crippen LogP contribution in [0.15, 0.2) is 0 Å². The number of nitrogens with zero attached hydrogens (tertiary/aromatic N) is 1. The molecular weight excluding hydrogens is 172 g/mol. The molecule has 2 rings (SSSR count). The highest BCUT2D eigenvalue weighted by atomic mass is 15.5. The van der Waals surface area contributed by atoms with Crippen LogP contribution >= 0.6 is 0 Å². The van der Waals surface area contributed by atoms with Crippen LogP contribution in [0.1, 0.15) is 46.0 Å². The first-order chi connectivity index (χ1) is 6.77. The van der Waals surface area contributed by atoms with Crippen LogP contribution in [0.4, 0.5) is 0 Å². The van der Waals surface area contributed by atoms with Crippen molar-refractivity contribution in [1.82, 2.24) is 10.4 Å². The highest BCUT2D eigenvalue weighted by Gasteiger charge is 2.28. The molecule has 2 nitrogen and oxygen atoms in total. The van der Waals surface area contributed by atoms with Gasteiger partial charge in [0.1, 0.15) is 0 Å². The van der Waals surface area contributed by atoms with E-state index in [9.17, 15) is 0 Å². The van der Waals surface area contributed by atoms with Crippen molar-refractivity contribution in [2.75, 3.05) is 13.1 Å². The maximum Gasteiger partial charge on any atom is 0.0243 e. The first-order valence-corrected chi connectivity index (χ1v) is 6.27. The highest BCUT2D eigenvalue weighted by Crippen LogP contribution is 2.32. The lowest BCUT2D eigenvalue weighted by Gasteiger charge is -2.35. The van der Waals surface area contributed by atoms with E-state index < -0.39 is 0 Å². The molecule has 0 spiro atoms. The molecule has 1 N–H and O–H groups in total. The normalized spacial score (nSPS) is 35.4. The van der Waals surface area contributed by atoms with Crippen molar-refractivity contribution in [3.63, 3.8) is 0 Å². The molecule has 0 aromatic carbocycles. The fraction of sp³-hybridized carbons (Fsp3) is 1.00. The van der Waals surface area contributed by atoms with Crippen LogP contribution < -0.4 is 5.43 Å². The smallest absolute Gasteiger partial charge is 0.0243 e. The zero-order chi connectivity index (χ0) is 9.97. The zero-order valence-corrected chi connectivity index (χ0v) is 9.63. The summed E-state index contributed by atoms with van der Waals surface area (Å²) in [5.41, 5.74) is 3.50. The summed E-state index contributed by atoms with van der Waals surface area (Å²) >= 11 is 0. The fourth-order valence-electron chi connectivity index (χ4n) is 2.94. The van der Waals surface area contributed by atoms with Crippen molar-refractivity contribution in [2.45, 2.75) is 52.0 Å². The van der Waals surface area contributed by atoms with E-state index in [4.69, 9.17) is 0 Å². The van der Waals surface area contributed by atoms with Crippen molar-refractivity contribution >= 4 is 0 Å². The Labute approximate surface area is 88.0 Å². The van der Waals surface area contributed by atoms with E-state index in [1.165, 1.54) is 45.2 Å². The summed E-state index contributed by atoms with van der Waals surface area (Å²) in [6.07, 6.45) is 7.05. The average Bonchev–Trinajstić information content (AvgIpc) is 2.71. The molecule has 2 aliphatic rings. The number of nitrogens with one attached hydrogen (secondary N) is 1. The molecule has 2 heteroatoms. The van der Waals surface area contributed by atoms with Crippen LogP contribution in [0.5, 0.6) is 0 Å². The molecule has 0 aromatic heterocycles. The van der Waals surface area contributed by atoms with Crippen LogP contribution in [0.25, 0.3) is 0 Å². The predicted molar refractivity (Wildman–Crippen MR) is 59.9 cm³/mol. The number of hydrogen-bond donors (Lipinski definition) is 1. The lowest BCUT2D eigenvalue weighted by molar-refractivity contribution is 0.108. The molecular formula is C12H24N2. The Hall–Kier alpha value is -0.0800. The second-order valence-corrected chi connectivity index (χ2v) is 5.27. The van der Waals surface area contributed by atoms with Gasteiger partial charge in [-0.05, 0) is 43.9 Å². The topological polar surface area (TPSA) is 15.3 Å². The standard InChI is InChI=1S/C12H24N2/c1-10(2)11-4-6-12(7-5-11)14-9-3-8-13-14/h10-13H,3-9H2,1-2H3. The summed E-state index contributed by atoms with van der Waals surface area (Å²) in [7, 11) is 0. The van der Waals surface area contributed by atoms with Crippen molar-refractivity contribution in [3.8, 4) is 0 Å². The first-order valence-electron chi connectivity index (χ1n) is 6.27. The third kappa shape index (κ3) is 2.29. The Balaban J connectivity index is 1.77. The number of hydrogen-bond acceptors (Lipinski definition) is 2. The molecule has 0 atom stereocenters. The third-order valence-electron chi connectivity index (χ3n) is 4.02. The summed E-state index contributed by atoms with van der Waals surface area (Å²) < 4.78 is 0. The Morgan fingerprint density at radius 1 is 1.14 bits per heavy atom. The fourth-order valence-corrected chi connectivity index (χ4v) is 2.94. The van der Waals surface area contributed by atoms with Crippen LogP contribution in [0, 0.1) is 11.8 Å². The van der Waals surface area contributed by atoms with Crippen molar-refractivity contribution in [3.05, 3.63) is 0 Å². The average molecular weight is 196 g/mol. The van der Waals surface area contributed by atoms with E-state index >= 15 is 0 Å². The highest BCUT2D eigenvalue weighted by molar-refractivity contribution is 4.81. The largest absolute Gasteiger partial charge is 0.255 e. The Kier molecular flexibility index (Phi) is 3.45. The maximum atomic E-state index is 3.50. The van der Waals surface area contributed by atoms with Crippen LogP contribution in [0.2, 0.25) is 0 Å². The minimum absolute atomic E-state index is 0.840. The van der Waals surface area contributed by atoms with Crippen LogP contribution in [-0.4, -0.2) is 24.1 Å². The molecule has 0 unspecified atom stereocenters. The van der Waals surface area contributed by atoms with Crippen LogP contribution in [0.3, 0.4) is 0 Å². The maximum absolute atomic E-state index is 3.50. The molecule has 14 heavy (non-hydrogen) atoms. The molecule has 1 saturated carbocycles. The van der Waals surface area contributed by atoms with E-state index in [-0.39, 0.29) is 0 Å². The Morgan fingerprint density at radius 2 is 1.86 bits per heavy atom. The molecule has 82 valence electrons. The summed E-state index contributed by atoms with van der Waals surface area (Å²) in [4.78, 5) is 0. The third-order valence-corrected chi connectivity index (χ3v) is 4.02. The van der Waals surface area contributed by atoms with Gasteiger partial charge in [0.15, 0.2) is 0 Å². The van der Waals surface area contributed by atoms with Crippen LogP contribution in [-0.2, 0) is 0 Å². The molecule has 0 amide bonds. The summed E-state index contributed by atoms with van der Waals surface area (Å²) in [6.45, 7) is 7.22. The van der Waals surface area contributed by atoms with Gasteiger partial charge in [-0.1, -0.05) is 13.8 Å². The van der Waals surface area contributed by atoms with Crippen molar-refractivity contribution in [2.24, 2.45) is 11.8 Å². The predicted octanol–water partition coefficient (Wildman–Crippen LogP) is 2.41. The van der Waals surface area contributed by atoms with E-state index in [1.807, 2.05) is 0 Å². The van der Waals surface area contributed by atoms with Crippen molar-refractivity contribution < 1.29 is 0 Å². The van der Waals surface area contributed by atoms with Gasteiger partial charge in [0.2, 0.25) is 0 Å². The molecule has 0 bridgehead atoms. The van der Waals surface area contributed by atoms with Gasteiger partial charge in [-0.3, -0.25) is 5.43 Å². The van der Waals surface area contributed by atoms with Crippen molar-refractivity contribution in [1.29, 1.82) is 0 Å². The lowest BCUT2D eigenvalue weighted by atomic mass is 9.79. The monoisotopic (exact) mass is 196 g/mol. The van der Waals surface area contributed by atoms with Gasteiger partial charge in [-0.25, -0.2) is 5.01 Å². The van der Waals surface area contributed by atoms with Gasteiger partial charge >= 0.3 is 0 Å². The van der Waals surface area contributed by atoms with Gasteiger partial charge in [0.05, 0.1) is 0 Å². The molecule has 1 saturated heterocycles. The molecule has 1 heterocycles. The lowest BCUT2D eigenvalue weighted by Crippen LogP contribution is -2.42. The Bertz CT molecular complexity index is 165. The molecule has 1 aliphatic carbocycles. The van der Waals surface area contributed by atoms with Gasteiger partial charge in [0, 0.05) is 19.1 Å². The van der Waals surface area contributed by atoms with E-state index in [0.29, 0.717) is 0 Å². The summed E-state index contributed by atoms with van der Waals surface area (Å²) in [6, 6.07) is 0.840. The minimum atomic E-state index is 0.840. The Morgan fingerprint density at radius 3 is 2.36 bits per heavy atom. The molecule has 0 radical (unpaired) electrons. The molecule has 0 aromatic rings. The summed E-state index contributed by atoms with van der Waals surface area (Å²) in [5.74, 6) is 1.89. The SMILES string of the molecule is CC(C)C1CCC(N2CCCN2)CC1.